The molecule has 0 aliphatic rings. The Hall–Kier alpha value is -1.51. The average Bonchev–Trinajstić information content (AvgIpc) is 2.46. The van der Waals surface area contributed by atoms with Crippen LogP contribution < -0.4 is 0 Å². The van der Waals surface area contributed by atoms with Gasteiger partial charge < -0.3 is 9.84 Å². The number of ether oxygens (including phenoxy) is 1. The predicted molar refractivity (Wildman–Crippen MR) is 88.0 cm³/mol. The molecular formula is C18H30O3. The van der Waals surface area contributed by atoms with E-state index >= 15 is 0 Å². The molecule has 1 N–H and O–H groups in total. The van der Waals surface area contributed by atoms with E-state index in [1.807, 2.05) is 18.2 Å². The summed E-state index contributed by atoms with van der Waals surface area (Å²) in [5.41, 5.74) is 0. The van der Waals surface area contributed by atoms with Crippen LogP contribution in [0.4, 0.5) is 0 Å². The lowest BCUT2D eigenvalue weighted by Gasteiger charge is -1.97. The van der Waals surface area contributed by atoms with E-state index in [2.05, 4.69) is 13.0 Å². The van der Waals surface area contributed by atoms with Crippen molar-refractivity contribution in [2.24, 2.45) is 0 Å². The van der Waals surface area contributed by atoms with Crippen LogP contribution in [0.2, 0.25) is 0 Å². The van der Waals surface area contributed by atoms with Gasteiger partial charge in [0.05, 0.1) is 12.5 Å². The molecule has 0 bridgehead atoms. The maximum atomic E-state index is 10.3. The molecule has 0 aliphatic heterocycles. The van der Waals surface area contributed by atoms with Crippen molar-refractivity contribution >= 4 is 5.97 Å². The fourth-order valence-corrected chi connectivity index (χ4v) is 1.83. The van der Waals surface area contributed by atoms with Gasteiger partial charge in [-0.15, -0.1) is 0 Å². The van der Waals surface area contributed by atoms with Gasteiger partial charge in [-0.1, -0.05) is 44.8 Å². The van der Waals surface area contributed by atoms with Crippen LogP contribution in [-0.2, 0) is 9.53 Å². The molecule has 0 saturated carbocycles. The first-order chi connectivity index (χ1) is 10.3. The highest BCUT2D eigenvalue weighted by Crippen LogP contribution is 2.07. The standard InChI is InChI=1S/C18H30O3/c1-2-3-4-13-16-21-17-14-11-9-7-5-6-8-10-12-15-18(19)20/h9,11,13-14,16-17H,2-8,10,12,15H2,1H3,(H,19,20)/b11-9-,16-13+,17-14-. The normalized spacial score (nSPS) is 11.9. The van der Waals surface area contributed by atoms with Gasteiger partial charge in [-0.25, -0.2) is 0 Å². The van der Waals surface area contributed by atoms with Gasteiger partial charge in [-0.2, -0.15) is 0 Å². The minimum Gasteiger partial charge on any atom is -0.481 e. The monoisotopic (exact) mass is 294 g/mol. The summed E-state index contributed by atoms with van der Waals surface area (Å²) in [6.45, 7) is 2.18. The topological polar surface area (TPSA) is 46.5 Å². The average molecular weight is 294 g/mol. The van der Waals surface area contributed by atoms with Gasteiger partial charge in [-0.3, -0.25) is 4.79 Å². The highest BCUT2D eigenvalue weighted by atomic mass is 16.5. The molecule has 0 aliphatic carbocycles. The lowest BCUT2D eigenvalue weighted by Crippen LogP contribution is -1.93. The number of carboxylic acid groups (broad SMARTS) is 1. The first kappa shape index (κ1) is 19.5. The summed E-state index contributed by atoms with van der Waals surface area (Å²) in [6.07, 6.45) is 21.7. The largest absolute Gasteiger partial charge is 0.481 e. The fourth-order valence-electron chi connectivity index (χ4n) is 1.83. The second kappa shape index (κ2) is 16.5. The summed E-state index contributed by atoms with van der Waals surface area (Å²) in [5, 5.41) is 8.50. The van der Waals surface area contributed by atoms with Crippen molar-refractivity contribution in [2.45, 2.75) is 71.1 Å². The molecule has 3 nitrogen and oxygen atoms in total. The Morgan fingerprint density at radius 3 is 2.38 bits per heavy atom. The lowest BCUT2D eigenvalue weighted by atomic mass is 10.1. The van der Waals surface area contributed by atoms with Gasteiger partial charge in [0.25, 0.3) is 0 Å². The molecule has 120 valence electrons. The molecule has 0 unspecified atom stereocenters. The Morgan fingerprint density at radius 1 is 0.905 bits per heavy atom. The summed E-state index contributed by atoms with van der Waals surface area (Å²) in [7, 11) is 0. The van der Waals surface area contributed by atoms with Crippen LogP contribution >= 0.6 is 0 Å². The van der Waals surface area contributed by atoms with Crippen LogP contribution in [0.25, 0.3) is 0 Å². The summed E-state index contributed by atoms with van der Waals surface area (Å²) in [6, 6.07) is 0. The Bertz CT molecular complexity index is 316. The molecule has 21 heavy (non-hydrogen) atoms. The van der Waals surface area contributed by atoms with Gasteiger partial charge >= 0.3 is 5.97 Å². The molecule has 0 fully saturated rings. The van der Waals surface area contributed by atoms with Crippen LogP contribution in [0.1, 0.15) is 71.1 Å². The second-order valence-electron chi connectivity index (χ2n) is 5.11. The Labute approximate surface area is 129 Å². The van der Waals surface area contributed by atoms with Gasteiger partial charge in [0.2, 0.25) is 0 Å². The van der Waals surface area contributed by atoms with E-state index < -0.39 is 5.97 Å². The molecule has 0 saturated heterocycles. The molecular weight excluding hydrogens is 264 g/mol. The number of hydrogen-bond acceptors (Lipinski definition) is 2. The zero-order valence-electron chi connectivity index (χ0n) is 13.3. The molecule has 0 spiro atoms. The van der Waals surface area contributed by atoms with Crippen molar-refractivity contribution in [1.29, 1.82) is 0 Å². The number of carboxylic acids is 1. The maximum Gasteiger partial charge on any atom is 0.303 e. The molecule has 0 rings (SSSR count). The van der Waals surface area contributed by atoms with Crippen molar-refractivity contribution in [2.75, 3.05) is 0 Å². The van der Waals surface area contributed by atoms with E-state index in [1.54, 1.807) is 12.5 Å². The number of aliphatic carboxylic acids is 1. The van der Waals surface area contributed by atoms with E-state index in [9.17, 15) is 4.79 Å². The molecule has 0 aromatic carbocycles. The molecule has 0 aromatic heterocycles. The second-order valence-corrected chi connectivity index (χ2v) is 5.11. The summed E-state index contributed by atoms with van der Waals surface area (Å²) in [4.78, 5) is 10.3. The van der Waals surface area contributed by atoms with Crippen molar-refractivity contribution in [3.63, 3.8) is 0 Å². The van der Waals surface area contributed by atoms with E-state index in [-0.39, 0.29) is 0 Å². The maximum absolute atomic E-state index is 10.3. The van der Waals surface area contributed by atoms with Crippen molar-refractivity contribution in [3.05, 3.63) is 36.8 Å². The van der Waals surface area contributed by atoms with Crippen LogP contribution in [0.5, 0.6) is 0 Å². The third-order valence-electron chi connectivity index (χ3n) is 3.06. The minimum atomic E-state index is -0.688. The zero-order chi connectivity index (χ0) is 15.6. The minimum absolute atomic E-state index is 0.303. The fraction of sp³-hybridized carbons (Fsp3) is 0.611. The van der Waals surface area contributed by atoms with Crippen LogP contribution in [0, 0.1) is 0 Å². The van der Waals surface area contributed by atoms with E-state index in [4.69, 9.17) is 9.84 Å². The first-order valence-corrected chi connectivity index (χ1v) is 8.11. The van der Waals surface area contributed by atoms with Crippen molar-refractivity contribution in [3.8, 4) is 0 Å². The van der Waals surface area contributed by atoms with Gasteiger partial charge in [0.15, 0.2) is 0 Å². The summed E-state index contributed by atoms with van der Waals surface area (Å²) >= 11 is 0. The molecule has 0 amide bonds. The summed E-state index contributed by atoms with van der Waals surface area (Å²) in [5.74, 6) is -0.688. The third kappa shape index (κ3) is 18.5. The van der Waals surface area contributed by atoms with Crippen LogP contribution in [-0.4, -0.2) is 11.1 Å². The zero-order valence-corrected chi connectivity index (χ0v) is 13.3. The Kier molecular flexibility index (Phi) is 15.4. The Balaban J connectivity index is 3.28. The lowest BCUT2D eigenvalue weighted by molar-refractivity contribution is -0.137. The molecule has 0 heterocycles. The number of allylic oxidation sites excluding steroid dienone is 4. The number of rotatable bonds is 14. The highest BCUT2D eigenvalue weighted by molar-refractivity contribution is 5.66. The number of unbranched alkanes of at least 4 members (excludes halogenated alkanes) is 7. The predicted octanol–water partition coefficient (Wildman–Crippen LogP) is 5.59. The summed E-state index contributed by atoms with van der Waals surface area (Å²) < 4.78 is 5.21. The highest BCUT2D eigenvalue weighted by Gasteiger charge is 1.95. The Morgan fingerprint density at radius 2 is 1.62 bits per heavy atom. The SMILES string of the molecule is CCCC/C=C/O/C=C\C=C/CCCCCCCC(=O)O. The van der Waals surface area contributed by atoms with E-state index in [0.717, 1.165) is 38.5 Å². The van der Waals surface area contributed by atoms with Gasteiger partial charge in [0, 0.05) is 6.42 Å². The number of carbonyl (C=O) groups is 1. The van der Waals surface area contributed by atoms with Gasteiger partial charge in [0.1, 0.15) is 0 Å². The molecule has 3 heteroatoms. The molecule has 0 atom stereocenters. The van der Waals surface area contributed by atoms with Crippen LogP contribution in [0.3, 0.4) is 0 Å². The molecule has 0 aromatic rings. The number of hydrogen-bond donors (Lipinski definition) is 1. The third-order valence-corrected chi connectivity index (χ3v) is 3.06. The van der Waals surface area contributed by atoms with Crippen molar-refractivity contribution in [1.82, 2.24) is 0 Å². The van der Waals surface area contributed by atoms with Crippen LogP contribution in [0.15, 0.2) is 36.8 Å². The van der Waals surface area contributed by atoms with E-state index in [1.165, 1.54) is 19.3 Å². The molecule has 0 radical (unpaired) electrons. The van der Waals surface area contributed by atoms with Crippen molar-refractivity contribution < 1.29 is 14.6 Å². The first-order valence-electron chi connectivity index (χ1n) is 8.11. The van der Waals surface area contributed by atoms with E-state index in [0.29, 0.717) is 6.42 Å². The van der Waals surface area contributed by atoms with Gasteiger partial charge in [-0.05, 0) is 44.3 Å². The quantitative estimate of drug-likeness (QED) is 0.258. The smallest absolute Gasteiger partial charge is 0.303 e.